The molecule has 92 valence electrons. The molecule has 0 spiro atoms. The molecule has 5 heteroatoms. The lowest BCUT2D eigenvalue weighted by Gasteiger charge is -2.04. The van der Waals surface area contributed by atoms with Crippen molar-refractivity contribution >= 4 is 10.0 Å². The highest BCUT2D eigenvalue weighted by Gasteiger charge is 2.04. The molecule has 0 aliphatic rings. The highest BCUT2D eigenvalue weighted by Crippen LogP contribution is 2.00. The quantitative estimate of drug-likeness (QED) is 0.558. The summed E-state index contributed by atoms with van der Waals surface area (Å²) >= 11 is 0. The number of hydrogen-bond acceptors (Lipinski definition) is 3. The first-order valence-corrected chi connectivity index (χ1v) is 7.39. The third kappa shape index (κ3) is 10.2. The van der Waals surface area contributed by atoms with Crippen LogP contribution in [0.25, 0.3) is 0 Å². The van der Waals surface area contributed by atoms with E-state index < -0.39 is 10.0 Å². The molecule has 0 saturated carbocycles. The summed E-state index contributed by atoms with van der Waals surface area (Å²) < 4.78 is 24.3. The fraction of sp³-hybridized carbons (Fsp3) is 1.00. The van der Waals surface area contributed by atoms with Crippen LogP contribution in [0.2, 0.25) is 0 Å². The fourth-order valence-corrected chi connectivity index (χ4v) is 1.90. The van der Waals surface area contributed by atoms with Crippen molar-refractivity contribution in [3.8, 4) is 0 Å². The normalized spacial score (nSPS) is 11.9. The number of unbranched alkanes of at least 4 members (excludes halogenated alkanes) is 4. The molecule has 2 N–H and O–H groups in total. The van der Waals surface area contributed by atoms with Gasteiger partial charge in [-0.25, -0.2) is 13.1 Å². The maximum Gasteiger partial charge on any atom is 0.212 e. The largest absolute Gasteiger partial charge is 0.316 e. The molecule has 0 unspecified atom stereocenters. The van der Waals surface area contributed by atoms with Gasteiger partial charge in [0.15, 0.2) is 0 Å². The summed E-state index contributed by atoms with van der Waals surface area (Å²) in [5, 5.41) is 3.13. The first-order chi connectivity index (χ1) is 7.12. The van der Waals surface area contributed by atoms with E-state index in [1.807, 2.05) is 0 Å². The van der Waals surface area contributed by atoms with E-state index in [1.54, 1.807) is 0 Å². The van der Waals surface area contributed by atoms with Crippen molar-refractivity contribution in [2.45, 2.75) is 39.0 Å². The molecule has 0 aromatic heterocycles. The van der Waals surface area contributed by atoms with Gasteiger partial charge < -0.3 is 5.32 Å². The molecule has 4 nitrogen and oxygen atoms in total. The van der Waals surface area contributed by atoms with Crippen LogP contribution in [-0.4, -0.2) is 34.3 Å². The Morgan fingerprint density at radius 2 is 1.67 bits per heavy atom. The van der Waals surface area contributed by atoms with Crippen LogP contribution in [-0.2, 0) is 10.0 Å². The van der Waals surface area contributed by atoms with Crippen molar-refractivity contribution in [3.63, 3.8) is 0 Å². The van der Waals surface area contributed by atoms with Gasteiger partial charge in [0.05, 0.1) is 5.75 Å². The molecule has 0 fully saturated rings. The first-order valence-electron chi connectivity index (χ1n) is 5.74. The molecule has 0 heterocycles. The van der Waals surface area contributed by atoms with Crippen molar-refractivity contribution in [2.75, 3.05) is 25.9 Å². The van der Waals surface area contributed by atoms with Crippen LogP contribution in [0.4, 0.5) is 0 Å². The van der Waals surface area contributed by atoms with Gasteiger partial charge >= 0.3 is 0 Å². The average Bonchev–Trinajstić information content (AvgIpc) is 2.22. The minimum absolute atomic E-state index is 0.165. The molecule has 0 radical (unpaired) electrons. The van der Waals surface area contributed by atoms with E-state index >= 15 is 0 Å². The predicted molar refractivity (Wildman–Crippen MR) is 64.5 cm³/mol. The maximum atomic E-state index is 11.0. The van der Waals surface area contributed by atoms with Crippen molar-refractivity contribution in [1.82, 2.24) is 10.0 Å². The summed E-state index contributed by atoms with van der Waals surface area (Å²) in [4.78, 5) is 0. The number of sulfonamides is 1. The molecule has 0 aliphatic carbocycles. The molecule has 0 saturated heterocycles. The molecule has 0 aromatic carbocycles. The first kappa shape index (κ1) is 14.9. The fourth-order valence-electron chi connectivity index (χ4n) is 1.29. The number of nitrogens with one attached hydrogen (secondary N) is 2. The summed E-state index contributed by atoms with van der Waals surface area (Å²) in [5.74, 6) is 0.165. The monoisotopic (exact) mass is 236 g/mol. The van der Waals surface area contributed by atoms with E-state index in [1.165, 1.54) is 32.7 Å². The van der Waals surface area contributed by atoms with Gasteiger partial charge in [-0.1, -0.05) is 32.6 Å². The minimum Gasteiger partial charge on any atom is -0.316 e. The standard InChI is InChI=1S/C10H24N2O2S/c1-3-4-5-6-7-8-12-9-10-15(13,14)11-2/h11-12H,3-10H2,1-2H3. The topological polar surface area (TPSA) is 58.2 Å². The Morgan fingerprint density at radius 1 is 1.00 bits per heavy atom. The van der Waals surface area contributed by atoms with E-state index in [-0.39, 0.29) is 5.75 Å². The zero-order chi connectivity index (χ0) is 11.6. The minimum atomic E-state index is -3.03. The van der Waals surface area contributed by atoms with Crippen LogP contribution >= 0.6 is 0 Å². The summed E-state index contributed by atoms with van der Waals surface area (Å²) in [6.45, 7) is 3.65. The van der Waals surface area contributed by atoms with Crippen LogP contribution in [0.1, 0.15) is 39.0 Å². The lowest BCUT2D eigenvalue weighted by atomic mass is 10.1. The van der Waals surface area contributed by atoms with Crippen molar-refractivity contribution in [1.29, 1.82) is 0 Å². The number of rotatable bonds is 10. The van der Waals surface area contributed by atoms with E-state index in [4.69, 9.17) is 0 Å². The molecule has 0 aliphatic heterocycles. The Bertz CT molecular complexity index is 228. The summed E-state index contributed by atoms with van der Waals surface area (Å²) in [6, 6.07) is 0. The Balaban J connectivity index is 3.19. The Labute approximate surface area is 93.9 Å². The summed E-state index contributed by atoms with van der Waals surface area (Å²) in [7, 11) is -1.59. The Kier molecular flexibility index (Phi) is 9.04. The molecule has 0 amide bonds. The maximum absolute atomic E-state index is 11.0. The second-order valence-electron chi connectivity index (χ2n) is 3.69. The van der Waals surface area contributed by atoms with Gasteiger partial charge in [0.1, 0.15) is 0 Å². The van der Waals surface area contributed by atoms with Gasteiger partial charge in [0, 0.05) is 6.54 Å². The smallest absolute Gasteiger partial charge is 0.212 e. The highest BCUT2D eigenvalue weighted by atomic mass is 32.2. The van der Waals surface area contributed by atoms with Gasteiger partial charge in [-0.2, -0.15) is 0 Å². The van der Waals surface area contributed by atoms with Gasteiger partial charge in [-0.3, -0.25) is 0 Å². The summed E-state index contributed by atoms with van der Waals surface area (Å²) in [6.07, 6.45) is 6.22. The molecule has 0 bridgehead atoms. The van der Waals surface area contributed by atoms with Crippen LogP contribution in [0.5, 0.6) is 0 Å². The van der Waals surface area contributed by atoms with E-state index in [0.717, 1.165) is 13.0 Å². The Morgan fingerprint density at radius 3 is 2.27 bits per heavy atom. The average molecular weight is 236 g/mol. The lowest BCUT2D eigenvalue weighted by molar-refractivity contribution is 0.573. The van der Waals surface area contributed by atoms with Crippen LogP contribution in [0.15, 0.2) is 0 Å². The Hall–Kier alpha value is -0.130. The lowest BCUT2D eigenvalue weighted by Crippen LogP contribution is -2.30. The van der Waals surface area contributed by atoms with Crippen molar-refractivity contribution in [2.24, 2.45) is 0 Å². The number of hydrogen-bond donors (Lipinski definition) is 2. The molecule has 0 aromatic rings. The molecular weight excluding hydrogens is 212 g/mol. The highest BCUT2D eigenvalue weighted by molar-refractivity contribution is 7.89. The molecule has 0 rings (SSSR count). The van der Waals surface area contributed by atoms with E-state index in [0.29, 0.717) is 6.54 Å². The van der Waals surface area contributed by atoms with Crippen molar-refractivity contribution < 1.29 is 8.42 Å². The third-order valence-corrected chi connectivity index (χ3v) is 3.68. The van der Waals surface area contributed by atoms with Gasteiger partial charge in [0.2, 0.25) is 10.0 Å². The molecule has 0 atom stereocenters. The summed E-state index contributed by atoms with van der Waals surface area (Å²) in [5.41, 5.74) is 0. The van der Waals surface area contributed by atoms with Crippen LogP contribution < -0.4 is 10.0 Å². The van der Waals surface area contributed by atoms with Crippen LogP contribution in [0, 0.1) is 0 Å². The second-order valence-corrected chi connectivity index (χ2v) is 5.73. The van der Waals surface area contributed by atoms with Gasteiger partial charge in [-0.15, -0.1) is 0 Å². The van der Waals surface area contributed by atoms with E-state index in [2.05, 4.69) is 17.0 Å². The SMILES string of the molecule is CCCCCCCNCCS(=O)(=O)NC. The second kappa shape index (κ2) is 9.12. The zero-order valence-corrected chi connectivity index (χ0v) is 10.7. The van der Waals surface area contributed by atoms with Crippen LogP contribution in [0.3, 0.4) is 0 Å². The predicted octanol–water partition coefficient (Wildman–Crippen LogP) is 1.10. The molecular formula is C10H24N2O2S. The molecule has 15 heavy (non-hydrogen) atoms. The van der Waals surface area contributed by atoms with E-state index in [9.17, 15) is 8.42 Å². The third-order valence-electron chi connectivity index (χ3n) is 2.32. The van der Waals surface area contributed by atoms with Gasteiger partial charge in [-0.05, 0) is 20.0 Å². The van der Waals surface area contributed by atoms with Crippen molar-refractivity contribution in [3.05, 3.63) is 0 Å². The van der Waals surface area contributed by atoms with Gasteiger partial charge in [0.25, 0.3) is 0 Å². The zero-order valence-electron chi connectivity index (χ0n) is 9.88.